The summed E-state index contributed by atoms with van der Waals surface area (Å²) in [5.74, 6) is 0.287. The summed E-state index contributed by atoms with van der Waals surface area (Å²) in [4.78, 5) is 59.0. The van der Waals surface area contributed by atoms with Gasteiger partial charge in [0.2, 0.25) is 5.91 Å². The number of ether oxygens (including phenoxy) is 5. The van der Waals surface area contributed by atoms with Crippen LogP contribution in [0.1, 0.15) is 44.4 Å². The molecule has 0 radical (unpaired) electrons. The van der Waals surface area contributed by atoms with Crippen LogP contribution in [0.25, 0.3) is 0 Å². The van der Waals surface area contributed by atoms with Crippen molar-refractivity contribution >= 4 is 23.9 Å². The fraction of sp³-hybridized carbons (Fsp3) is 0.560. The lowest BCUT2D eigenvalue weighted by molar-refractivity contribution is -0.131. The van der Waals surface area contributed by atoms with Gasteiger partial charge in [0.1, 0.15) is 24.4 Å². The Hall–Kier alpha value is -5.70. The lowest BCUT2D eigenvalue weighted by Crippen LogP contribution is -2.60. The molecule has 0 spiro atoms. The minimum atomic E-state index is -1.23. The Balaban J connectivity index is 1.30. The standard InChI is InChI=1S/C50H75N9O10/c1-35(2)45(54-49(63)51-18-20-57-22-26-67-27-23-57)47(61)53-41(30-37-10-8-7-9-11-37)42(60)33-59(56-48(62)46(36(3)4)55-50(64)52-19-21-58-24-28-68-29-25-58)32-38-12-15-40(16-13-38)69-34-39-14-17-43(65-5)44(31-39)66-6/h7-17,31,35-36,41-42,45-46,60H,18-30,32-34H2,1-6H3,(H,53,61)(H,56,62)(H2,51,54,63)(H2,52,55,64)/t41-,42-,45-,46-/m0/s1. The molecule has 7 N–H and O–H groups in total. The number of carbonyl (C=O) groups is 4. The van der Waals surface area contributed by atoms with Gasteiger partial charge in [0.15, 0.2) is 11.5 Å². The van der Waals surface area contributed by atoms with Gasteiger partial charge in [0, 0.05) is 65.4 Å². The number of methoxy groups -OCH3 is 2. The smallest absolute Gasteiger partial charge is 0.315 e. The largest absolute Gasteiger partial charge is 0.493 e. The van der Waals surface area contributed by atoms with Gasteiger partial charge in [0.05, 0.1) is 52.8 Å². The molecule has 4 atom stereocenters. The van der Waals surface area contributed by atoms with Crippen molar-refractivity contribution in [3.8, 4) is 17.2 Å². The number of nitrogens with zero attached hydrogens (tertiary/aromatic N) is 3. The number of carbonyl (C=O) groups excluding carboxylic acids is 4. The SMILES string of the molecule is COc1ccc(COc2ccc(CN(C[C@H](O)[C@H](Cc3ccccc3)NC(=O)[C@@H](NC(=O)NCCN3CCOCC3)C(C)C)NC(=O)[C@@H](NC(=O)NCCN3CCOCC3)C(C)C)cc2)cc1OC. The van der Waals surface area contributed by atoms with Crippen LogP contribution in [0.15, 0.2) is 72.8 Å². The molecule has 0 saturated carbocycles. The van der Waals surface area contributed by atoms with Gasteiger partial charge in [0.25, 0.3) is 5.91 Å². The molecular formula is C50H75N9O10. The second-order valence-electron chi connectivity index (χ2n) is 18.0. The Morgan fingerprint density at radius 3 is 1.74 bits per heavy atom. The molecule has 19 nitrogen and oxygen atoms in total. The second-order valence-corrected chi connectivity index (χ2v) is 18.0. The summed E-state index contributed by atoms with van der Waals surface area (Å²) in [6.45, 7) is 15.5. The third-order valence-corrected chi connectivity index (χ3v) is 12.0. The highest BCUT2D eigenvalue weighted by atomic mass is 16.5. The molecule has 6 amide bonds. The van der Waals surface area contributed by atoms with Gasteiger partial charge in [-0.1, -0.05) is 76.2 Å². The molecule has 2 heterocycles. The van der Waals surface area contributed by atoms with Crippen molar-refractivity contribution in [2.45, 2.75) is 71.5 Å². The second kappa shape index (κ2) is 28.7. The highest BCUT2D eigenvalue weighted by Crippen LogP contribution is 2.28. The predicted octanol–water partition coefficient (Wildman–Crippen LogP) is 2.52. The third kappa shape index (κ3) is 18.6. The van der Waals surface area contributed by atoms with Gasteiger partial charge in [-0.2, -0.15) is 0 Å². The lowest BCUT2D eigenvalue weighted by atomic mass is 9.98. The van der Waals surface area contributed by atoms with Gasteiger partial charge in [-0.3, -0.25) is 24.8 Å². The first-order valence-corrected chi connectivity index (χ1v) is 24.0. The van der Waals surface area contributed by atoms with Crippen LogP contribution in [0.3, 0.4) is 0 Å². The normalized spacial score (nSPS) is 16.2. The molecule has 0 bridgehead atoms. The summed E-state index contributed by atoms with van der Waals surface area (Å²) < 4.78 is 27.7. The molecule has 3 aromatic rings. The number of morpholine rings is 2. The van der Waals surface area contributed by atoms with Crippen LogP contribution >= 0.6 is 0 Å². The summed E-state index contributed by atoms with van der Waals surface area (Å²) in [5, 5.41) is 28.2. The minimum absolute atomic E-state index is 0.126. The number of urea groups is 2. The Kier molecular flexibility index (Phi) is 22.6. The number of rotatable bonds is 26. The fourth-order valence-electron chi connectivity index (χ4n) is 7.96. The van der Waals surface area contributed by atoms with E-state index in [-0.39, 0.29) is 38.0 Å². The maximum Gasteiger partial charge on any atom is 0.315 e. The van der Waals surface area contributed by atoms with E-state index in [0.717, 1.165) is 42.9 Å². The van der Waals surface area contributed by atoms with E-state index in [0.29, 0.717) is 69.9 Å². The molecule has 380 valence electrons. The van der Waals surface area contributed by atoms with Crippen molar-refractivity contribution in [2.75, 3.05) is 99.5 Å². The van der Waals surface area contributed by atoms with E-state index in [9.17, 15) is 24.3 Å². The molecule has 69 heavy (non-hydrogen) atoms. The number of nitrogens with one attached hydrogen (secondary N) is 6. The summed E-state index contributed by atoms with van der Waals surface area (Å²) >= 11 is 0. The van der Waals surface area contributed by atoms with Crippen molar-refractivity contribution in [2.24, 2.45) is 11.8 Å². The molecule has 5 rings (SSSR count). The molecule has 2 aliphatic heterocycles. The van der Waals surface area contributed by atoms with Crippen molar-refractivity contribution in [3.63, 3.8) is 0 Å². The first kappa shape index (κ1) is 54.2. The van der Waals surface area contributed by atoms with E-state index in [1.165, 1.54) is 0 Å². The van der Waals surface area contributed by atoms with Crippen LogP contribution in [-0.4, -0.2) is 168 Å². The maximum atomic E-state index is 14.2. The highest BCUT2D eigenvalue weighted by molar-refractivity contribution is 5.88. The van der Waals surface area contributed by atoms with Crippen molar-refractivity contribution in [1.29, 1.82) is 0 Å². The van der Waals surface area contributed by atoms with Crippen molar-refractivity contribution in [3.05, 3.63) is 89.5 Å². The van der Waals surface area contributed by atoms with Gasteiger partial charge in [-0.25, -0.2) is 14.6 Å². The van der Waals surface area contributed by atoms with Crippen LogP contribution < -0.4 is 46.2 Å². The number of benzene rings is 3. The Bertz CT molecular complexity index is 2020. The fourth-order valence-corrected chi connectivity index (χ4v) is 7.96. The average Bonchev–Trinajstić information content (AvgIpc) is 3.35. The van der Waals surface area contributed by atoms with Gasteiger partial charge >= 0.3 is 12.1 Å². The van der Waals surface area contributed by atoms with E-state index in [2.05, 4.69) is 41.8 Å². The molecular weight excluding hydrogens is 887 g/mol. The molecule has 2 saturated heterocycles. The molecule has 3 aromatic carbocycles. The van der Waals surface area contributed by atoms with Gasteiger partial charge in [-0.15, -0.1) is 0 Å². The summed E-state index contributed by atoms with van der Waals surface area (Å²) in [6.07, 6.45) is -0.985. The zero-order chi connectivity index (χ0) is 49.5. The highest BCUT2D eigenvalue weighted by Gasteiger charge is 2.32. The molecule has 0 aliphatic carbocycles. The average molecular weight is 962 g/mol. The molecule has 2 aliphatic rings. The molecule has 2 fully saturated rings. The van der Waals surface area contributed by atoms with Crippen LogP contribution in [-0.2, 0) is 38.6 Å². The van der Waals surface area contributed by atoms with E-state index in [1.54, 1.807) is 19.2 Å². The van der Waals surface area contributed by atoms with Gasteiger partial charge < -0.3 is 55.4 Å². The summed E-state index contributed by atoms with van der Waals surface area (Å²) in [5.41, 5.74) is 5.51. The number of hydrazine groups is 1. The van der Waals surface area contributed by atoms with Crippen LogP contribution in [0.5, 0.6) is 17.2 Å². The monoisotopic (exact) mass is 962 g/mol. The Morgan fingerprint density at radius 2 is 1.20 bits per heavy atom. The number of hydrogen-bond donors (Lipinski definition) is 7. The van der Waals surface area contributed by atoms with Crippen LogP contribution in [0.2, 0.25) is 0 Å². The number of aliphatic hydroxyl groups is 1. The number of hydrogen-bond acceptors (Lipinski definition) is 13. The molecule has 19 heteroatoms. The summed E-state index contributed by atoms with van der Waals surface area (Å²) in [7, 11) is 3.16. The lowest BCUT2D eigenvalue weighted by Gasteiger charge is -2.33. The van der Waals surface area contributed by atoms with Crippen LogP contribution in [0.4, 0.5) is 9.59 Å². The van der Waals surface area contributed by atoms with Crippen molar-refractivity contribution in [1.82, 2.24) is 46.8 Å². The molecule has 0 unspecified atom stereocenters. The van der Waals surface area contributed by atoms with E-state index in [4.69, 9.17) is 23.7 Å². The topological polar surface area (TPSA) is 217 Å². The van der Waals surface area contributed by atoms with E-state index in [1.807, 2.05) is 100 Å². The zero-order valence-corrected chi connectivity index (χ0v) is 41.2. The Morgan fingerprint density at radius 1 is 0.667 bits per heavy atom. The maximum absolute atomic E-state index is 14.2. The number of aliphatic hydroxyl groups excluding tert-OH is 1. The quantitative estimate of drug-likeness (QED) is 0.0577. The first-order valence-electron chi connectivity index (χ1n) is 24.0. The Labute approximate surface area is 407 Å². The van der Waals surface area contributed by atoms with Crippen molar-refractivity contribution < 1.29 is 48.0 Å². The van der Waals surface area contributed by atoms with Gasteiger partial charge in [-0.05, 0) is 59.2 Å². The minimum Gasteiger partial charge on any atom is -0.493 e. The predicted molar refractivity (Wildman–Crippen MR) is 262 cm³/mol. The molecule has 0 aromatic heterocycles. The third-order valence-electron chi connectivity index (χ3n) is 12.0. The summed E-state index contributed by atoms with van der Waals surface area (Å²) in [6, 6.07) is 18.8. The van der Waals surface area contributed by atoms with Crippen LogP contribution in [0, 0.1) is 11.8 Å². The first-order chi connectivity index (χ1) is 33.3. The zero-order valence-electron chi connectivity index (χ0n) is 41.2. The van der Waals surface area contributed by atoms with E-state index < -0.39 is 48.1 Å². The number of amides is 6. The van der Waals surface area contributed by atoms with E-state index >= 15 is 0 Å².